The lowest BCUT2D eigenvalue weighted by molar-refractivity contribution is -0.140. The normalized spacial score (nSPS) is 25.0. The number of carboxylic acids is 1. The van der Waals surface area contributed by atoms with Gasteiger partial charge in [0.1, 0.15) is 12.6 Å². The Morgan fingerprint density at radius 3 is 2.26 bits per heavy atom. The number of ether oxygens (including phenoxy) is 2. The summed E-state index contributed by atoms with van der Waals surface area (Å²) in [6, 6.07) is 14.7. The van der Waals surface area contributed by atoms with Gasteiger partial charge in [-0.25, -0.2) is 4.79 Å². The lowest BCUT2D eigenvalue weighted by Crippen LogP contribution is -2.55. The molecule has 2 aromatic carbocycles. The monoisotopic (exact) mass is 464 g/mol. The fraction of sp³-hybridized carbons (Fsp3) is 0.423. The van der Waals surface area contributed by atoms with E-state index >= 15 is 0 Å². The molecule has 2 aliphatic carbocycles. The van der Waals surface area contributed by atoms with Crippen LogP contribution >= 0.6 is 0 Å². The van der Waals surface area contributed by atoms with Gasteiger partial charge in [0.25, 0.3) is 0 Å². The minimum absolute atomic E-state index is 0.0802. The van der Waals surface area contributed by atoms with Crippen LogP contribution in [0, 0.1) is 5.41 Å². The number of benzene rings is 2. The first-order valence-corrected chi connectivity index (χ1v) is 11.5. The van der Waals surface area contributed by atoms with Crippen LogP contribution in [0.4, 0.5) is 4.79 Å². The van der Waals surface area contributed by atoms with Gasteiger partial charge in [-0.2, -0.15) is 0 Å². The number of hydrogen-bond acceptors (Lipinski definition) is 5. The summed E-state index contributed by atoms with van der Waals surface area (Å²) in [6.45, 7) is 3.19. The van der Waals surface area contributed by atoms with Crippen molar-refractivity contribution in [2.75, 3.05) is 19.8 Å². The van der Waals surface area contributed by atoms with Crippen LogP contribution in [0.2, 0.25) is 0 Å². The molecule has 2 bridgehead atoms. The fourth-order valence-electron chi connectivity index (χ4n) is 5.75. The molecule has 0 aromatic heterocycles. The van der Waals surface area contributed by atoms with E-state index < -0.39 is 30.4 Å². The average Bonchev–Trinajstić information content (AvgIpc) is 3.42. The van der Waals surface area contributed by atoms with Crippen molar-refractivity contribution in [2.45, 2.75) is 43.7 Å². The van der Waals surface area contributed by atoms with Gasteiger partial charge in [-0.15, -0.1) is 0 Å². The Bertz CT molecular complexity index is 1090. The van der Waals surface area contributed by atoms with E-state index in [1.54, 1.807) is 0 Å². The average molecular weight is 465 g/mol. The predicted molar refractivity (Wildman–Crippen MR) is 123 cm³/mol. The zero-order valence-electron chi connectivity index (χ0n) is 19.0. The fourth-order valence-corrected chi connectivity index (χ4v) is 5.75. The summed E-state index contributed by atoms with van der Waals surface area (Å²) in [5, 5.41) is 14.4. The summed E-state index contributed by atoms with van der Waals surface area (Å²) in [6.07, 6.45) is 0.365. The molecule has 0 radical (unpaired) electrons. The Labute approximate surface area is 197 Å². The van der Waals surface area contributed by atoms with Crippen LogP contribution < -0.4 is 10.6 Å². The lowest BCUT2D eigenvalue weighted by Gasteiger charge is -2.42. The number of hydrogen-bond donors (Lipinski definition) is 3. The maximum absolute atomic E-state index is 12.7. The number of amides is 2. The highest BCUT2D eigenvalue weighted by Crippen LogP contribution is 2.57. The second kappa shape index (κ2) is 8.43. The second-order valence-corrected chi connectivity index (χ2v) is 9.97. The van der Waals surface area contributed by atoms with Gasteiger partial charge in [0.15, 0.2) is 0 Å². The van der Waals surface area contributed by atoms with Crippen molar-refractivity contribution in [2.24, 2.45) is 5.41 Å². The zero-order valence-corrected chi connectivity index (χ0v) is 19.0. The Kier molecular flexibility index (Phi) is 5.56. The number of alkyl carbamates (subject to hydrolysis) is 1. The van der Waals surface area contributed by atoms with Gasteiger partial charge in [0, 0.05) is 12.5 Å². The SMILES string of the molecule is CC12COC(CNC(=O)C(CC(=O)O)NC(=O)OCC3c4ccccc4-c4ccccc43)(C1)C2. The van der Waals surface area contributed by atoms with E-state index in [0.29, 0.717) is 13.2 Å². The molecule has 2 heterocycles. The molecule has 1 atom stereocenters. The molecule has 2 aromatic rings. The molecule has 0 spiro atoms. The van der Waals surface area contributed by atoms with Gasteiger partial charge in [0.2, 0.25) is 5.91 Å². The third-order valence-electron chi connectivity index (χ3n) is 7.14. The topological polar surface area (TPSA) is 114 Å². The Morgan fingerprint density at radius 2 is 1.71 bits per heavy atom. The maximum atomic E-state index is 12.7. The van der Waals surface area contributed by atoms with Crippen LogP contribution in [0.15, 0.2) is 48.5 Å². The highest BCUT2D eigenvalue weighted by atomic mass is 16.5. The van der Waals surface area contributed by atoms with Gasteiger partial charge in [0.05, 0.1) is 18.6 Å². The van der Waals surface area contributed by atoms with Gasteiger partial charge in [-0.05, 0) is 40.5 Å². The number of carboxylic acid groups (broad SMARTS) is 1. The van der Waals surface area contributed by atoms with E-state index in [-0.39, 0.29) is 23.5 Å². The van der Waals surface area contributed by atoms with Gasteiger partial charge in [-0.3, -0.25) is 9.59 Å². The first-order chi connectivity index (χ1) is 16.3. The van der Waals surface area contributed by atoms with Crippen molar-refractivity contribution < 1.29 is 29.0 Å². The molecule has 3 N–H and O–H groups in total. The van der Waals surface area contributed by atoms with Crippen molar-refractivity contribution in [1.82, 2.24) is 10.6 Å². The molecule has 34 heavy (non-hydrogen) atoms. The van der Waals surface area contributed by atoms with Crippen LogP contribution in [0.1, 0.15) is 43.2 Å². The largest absolute Gasteiger partial charge is 0.481 e. The van der Waals surface area contributed by atoms with Crippen LogP contribution in [-0.2, 0) is 19.1 Å². The van der Waals surface area contributed by atoms with Crippen LogP contribution in [0.3, 0.4) is 0 Å². The maximum Gasteiger partial charge on any atom is 0.407 e. The molecule has 1 unspecified atom stereocenters. The third kappa shape index (κ3) is 4.14. The number of aliphatic carboxylic acids is 1. The molecule has 4 aliphatic rings. The molecule has 2 aliphatic heterocycles. The van der Waals surface area contributed by atoms with E-state index in [1.807, 2.05) is 48.5 Å². The molecule has 2 amide bonds. The Balaban J connectivity index is 1.20. The minimum Gasteiger partial charge on any atom is -0.481 e. The molecule has 178 valence electrons. The van der Waals surface area contributed by atoms with E-state index in [1.165, 1.54) is 0 Å². The molecule has 3 fully saturated rings. The predicted octanol–water partition coefficient (Wildman–Crippen LogP) is 3.05. The van der Waals surface area contributed by atoms with Gasteiger partial charge >= 0.3 is 12.1 Å². The van der Waals surface area contributed by atoms with Crippen molar-refractivity contribution in [3.05, 3.63) is 59.7 Å². The van der Waals surface area contributed by atoms with E-state index in [9.17, 15) is 19.5 Å². The molecule has 8 heteroatoms. The first-order valence-electron chi connectivity index (χ1n) is 11.5. The van der Waals surface area contributed by atoms with Crippen molar-refractivity contribution in [1.29, 1.82) is 0 Å². The number of carbonyl (C=O) groups excluding carboxylic acids is 2. The smallest absolute Gasteiger partial charge is 0.407 e. The number of fused-ring (bicyclic) bond motifs is 4. The summed E-state index contributed by atoms with van der Waals surface area (Å²) in [5.74, 6) is -1.88. The molecular weight excluding hydrogens is 436 g/mol. The number of rotatable bonds is 8. The van der Waals surface area contributed by atoms with Crippen LogP contribution in [-0.4, -0.2) is 54.5 Å². The molecular formula is C26H28N2O6. The van der Waals surface area contributed by atoms with Gasteiger partial charge in [-0.1, -0.05) is 55.5 Å². The summed E-state index contributed by atoms with van der Waals surface area (Å²) < 4.78 is 11.3. The van der Waals surface area contributed by atoms with E-state index in [4.69, 9.17) is 9.47 Å². The highest BCUT2D eigenvalue weighted by molar-refractivity contribution is 5.89. The quantitative estimate of drug-likeness (QED) is 0.553. The molecule has 8 nitrogen and oxygen atoms in total. The van der Waals surface area contributed by atoms with Gasteiger partial charge < -0.3 is 25.2 Å². The Morgan fingerprint density at radius 1 is 1.09 bits per heavy atom. The summed E-state index contributed by atoms with van der Waals surface area (Å²) in [4.78, 5) is 36.6. The van der Waals surface area contributed by atoms with Crippen LogP contribution in [0.25, 0.3) is 11.1 Å². The van der Waals surface area contributed by atoms with Crippen molar-refractivity contribution in [3.8, 4) is 11.1 Å². The Hall–Kier alpha value is -3.39. The number of carbonyl (C=O) groups is 3. The van der Waals surface area contributed by atoms with E-state index in [0.717, 1.165) is 35.1 Å². The molecule has 6 rings (SSSR count). The third-order valence-corrected chi connectivity index (χ3v) is 7.14. The van der Waals surface area contributed by atoms with E-state index in [2.05, 4.69) is 17.6 Å². The van der Waals surface area contributed by atoms with Crippen LogP contribution in [0.5, 0.6) is 0 Å². The van der Waals surface area contributed by atoms with Crippen molar-refractivity contribution >= 4 is 18.0 Å². The standard InChI is InChI=1S/C26H28N2O6/c1-25-12-26(13-25,34-15-25)14-27-23(31)21(10-22(29)30)28-24(32)33-11-20-18-8-4-2-6-16(18)17-7-3-5-9-19(17)20/h2-9,20-21H,10-15H2,1H3,(H,27,31)(H,28,32)(H,29,30). The summed E-state index contributed by atoms with van der Waals surface area (Å²) in [7, 11) is 0. The molecule has 2 saturated heterocycles. The zero-order chi connectivity index (χ0) is 23.9. The first kappa shape index (κ1) is 22.4. The number of nitrogens with one attached hydrogen (secondary N) is 2. The van der Waals surface area contributed by atoms with Crippen molar-refractivity contribution in [3.63, 3.8) is 0 Å². The molecule has 1 saturated carbocycles. The summed E-state index contributed by atoms with van der Waals surface area (Å²) >= 11 is 0. The second-order valence-electron chi connectivity index (χ2n) is 9.97. The lowest BCUT2D eigenvalue weighted by atomic mass is 9.64. The minimum atomic E-state index is -1.24. The highest BCUT2D eigenvalue weighted by Gasteiger charge is 2.59. The summed E-state index contributed by atoms with van der Waals surface area (Å²) in [5.41, 5.74) is 4.15.